The number of carbonyl (C=O) groups excluding carboxylic acids is 1. The van der Waals surface area contributed by atoms with Crippen LogP contribution in [0.5, 0.6) is 0 Å². The first kappa shape index (κ1) is 10.6. The van der Waals surface area contributed by atoms with Crippen LogP contribution in [0.15, 0.2) is 6.20 Å². The summed E-state index contributed by atoms with van der Waals surface area (Å²) >= 11 is 0. The van der Waals surface area contributed by atoms with Crippen molar-refractivity contribution in [1.82, 2.24) is 10.2 Å². The summed E-state index contributed by atoms with van der Waals surface area (Å²) in [5.74, 6) is -3.92. The Labute approximate surface area is 79.3 Å². The fourth-order valence-corrected chi connectivity index (χ4v) is 0.984. The topological polar surface area (TPSA) is 55.0 Å². The quantitative estimate of drug-likeness (QED) is 0.762. The van der Waals surface area contributed by atoms with Crippen LogP contribution < -0.4 is 0 Å². The molecule has 0 aliphatic heterocycles. The van der Waals surface area contributed by atoms with Crippen LogP contribution in [0.1, 0.15) is 29.9 Å². The Morgan fingerprint density at radius 2 is 2.36 bits per heavy atom. The Kier molecular flexibility index (Phi) is 2.83. The van der Waals surface area contributed by atoms with Crippen molar-refractivity contribution in [3.63, 3.8) is 0 Å². The second-order valence-electron chi connectivity index (χ2n) is 2.77. The SMILES string of the molecule is CCOC(=O)c1cn[nH]c1C(C)(F)F. The van der Waals surface area contributed by atoms with Gasteiger partial charge in [0.05, 0.1) is 12.8 Å². The van der Waals surface area contributed by atoms with E-state index in [9.17, 15) is 13.6 Å². The lowest BCUT2D eigenvalue weighted by atomic mass is 10.2. The number of aromatic nitrogens is 2. The molecule has 0 bridgehead atoms. The van der Waals surface area contributed by atoms with Crippen LogP contribution in [-0.2, 0) is 10.7 Å². The van der Waals surface area contributed by atoms with E-state index < -0.39 is 17.6 Å². The van der Waals surface area contributed by atoms with Crippen molar-refractivity contribution in [3.8, 4) is 0 Å². The van der Waals surface area contributed by atoms with Crippen LogP contribution in [0.4, 0.5) is 8.78 Å². The van der Waals surface area contributed by atoms with Crippen molar-refractivity contribution < 1.29 is 18.3 Å². The molecule has 0 amide bonds. The standard InChI is InChI=1S/C8H10F2N2O2/c1-3-14-7(13)5-4-11-12-6(5)8(2,9)10/h4H,3H2,1-2H3,(H,11,12). The van der Waals surface area contributed by atoms with Crippen molar-refractivity contribution in [2.45, 2.75) is 19.8 Å². The summed E-state index contributed by atoms with van der Waals surface area (Å²) in [7, 11) is 0. The summed E-state index contributed by atoms with van der Waals surface area (Å²) in [4.78, 5) is 11.2. The number of aromatic amines is 1. The monoisotopic (exact) mass is 204 g/mol. The van der Waals surface area contributed by atoms with Gasteiger partial charge in [0.15, 0.2) is 0 Å². The fourth-order valence-electron chi connectivity index (χ4n) is 0.984. The number of hydrogen-bond donors (Lipinski definition) is 1. The summed E-state index contributed by atoms with van der Waals surface area (Å²) in [6.07, 6.45) is 1.03. The molecular formula is C8H10F2N2O2. The van der Waals surface area contributed by atoms with Gasteiger partial charge in [0, 0.05) is 6.92 Å². The Balaban J connectivity index is 2.99. The zero-order chi connectivity index (χ0) is 10.8. The zero-order valence-corrected chi connectivity index (χ0v) is 7.80. The van der Waals surface area contributed by atoms with Crippen LogP contribution in [0.2, 0.25) is 0 Å². The van der Waals surface area contributed by atoms with Crippen LogP contribution >= 0.6 is 0 Å². The lowest BCUT2D eigenvalue weighted by molar-refractivity contribution is 0.00990. The number of nitrogens with zero attached hydrogens (tertiary/aromatic N) is 1. The van der Waals surface area contributed by atoms with E-state index in [1.807, 2.05) is 0 Å². The second-order valence-corrected chi connectivity index (χ2v) is 2.77. The maximum atomic E-state index is 12.9. The molecule has 0 fully saturated rings. The van der Waals surface area contributed by atoms with Gasteiger partial charge in [0.1, 0.15) is 11.3 Å². The first-order chi connectivity index (χ1) is 6.46. The first-order valence-electron chi connectivity index (χ1n) is 4.05. The average molecular weight is 204 g/mol. The Morgan fingerprint density at radius 1 is 1.71 bits per heavy atom. The molecule has 0 unspecified atom stereocenters. The number of ether oxygens (including phenoxy) is 1. The minimum Gasteiger partial charge on any atom is -0.462 e. The van der Waals surface area contributed by atoms with Crippen molar-refractivity contribution >= 4 is 5.97 Å². The Morgan fingerprint density at radius 3 is 2.86 bits per heavy atom. The third kappa shape index (κ3) is 2.07. The molecule has 6 heteroatoms. The molecule has 0 aliphatic rings. The van der Waals surface area contributed by atoms with Crippen LogP contribution in [0.3, 0.4) is 0 Å². The van der Waals surface area contributed by atoms with Crippen molar-refractivity contribution in [2.24, 2.45) is 0 Å². The first-order valence-corrected chi connectivity index (χ1v) is 4.05. The molecule has 4 nitrogen and oxygen atoms in total. The molecule has 1 aromatic heterocycles. The van der Waals surface area contributed by atoms with Crippen LogP contribution in [-0.4, -0.2) is 22.8 Å². The van der Waals surface area contributed by atoms with Gasteiger partial charge in [0.25, 0.3) is 5.92 Å². The molecule has 1 heterocycles. The highest BCUT2D eigenvalue weighted by atomic mass is 19.3. The van der Waals surface area contributed by atoms with Gasteiger partial charge in [-0.1, -0.05) is 0 Å². The maximum Gasteiger partial charge on any atom is 0.341 e. The third-order valence-electron chi connectivity index (χ3n) is 1.57. The third-order valence-corrected chi connectivity index (χ3v) is 1.57. The summed E-state index contributed by atoms with van der Waals surface area (Å²) < 4.78 is 30.3. The highest BCUT2D eigenvalue weighted by Gasteiger charge is 2.32. The zero-order valence-electron chi connectivity index (χ0n) is 7.80. The summed E-state index contributed by atoms with van der Waals surface area (Å²) in [5, 5.41) is 5.47. The minimum absolute atomic E-state index is 0.138. The van der Waals surface area contributed by atoms with E-state index in [1.54, 1.807) is 6.92 Å². The highest BCUT2D eigenvalue weighted by molar-refractivity contribution is 5.90. The number of halogens is 2. The van der Waals surface area contributed by atoms with Gasteiger partial charge in [0.2, 0.25) is 0 Å². The maximum absolute atomic E-state index is 12.9. The predicted octanol–water partition coefficient (Wildman–Crippen LogP) is 1.70. The van der Waals surface area contributed by atoms with E-state index in [4.69, 9.17) is 0 Å². The highest BCUT2D eigenvalue weighted by Crippen LogP contribution is 2.27. The predicted molar refractivity (Wildman–Crippen MR) is 44.1 cm³/mol. The van der Waals surface area contributed by atoms with E-state index in [2.05, 4.69) is 14.9 Å². The largest absolute Gasteiger partial charge is 0.462 e. The molecule has 0 atom stereocenters. The van der Waals surface area contributed by atoms with Gasteiger partial charge >= 0.3 is 5.97 Å². The lowest BCUT2D eigenvalue weighted by Crippen LogP contribution is -2.15. The number of carbonyl (C=O) groups is 1. The van der Waals surface area contributed by atoms with Gasteiger partial charge in [-0.15, -0.1) is 0 Å². The molecule has 0 radical (unpaired) electrons. The molecule has 78 valence electrons. The number of hydrogen-bond acceptors (Lipinski definition) is 3. The van der Waals surface area contributed by atoms with Gasteiger partial charge in [-0.2, -0.15) is 13.9 Å². The lowest BCUT2D eigenvalue weighted by Gasteiger charge is -2.09. The molecular weight excluding hydrogens is 194 g/mol. The number of alkyl halides is 2. The summed E-state index contributed by atoms with van der Waals surface area (Å²) in [5.41, 5.74) is -0.740. The smallest absolute Gasteiger partial charge is 0.341 e. The van der Waals surface area contributed by atoms with Crippen molar-refractivity contribution in [1.29, 1.82) is 0 Å². The molecule has 0 spiro atoms. The van der Waals surface area contributed by atoms with E-state index in [0.717, 1.165) is 6.20 Å². The van der Waals surface area contributed by atoms with E-state index in [1.165, 1.54) is 0 Å². The van der Waals surface area contributed by atoms with E-state index >= 15 is 0 Å². The van der Waals surface area contributed by atoms with Gasteiger partial charge in [-0.05, 0) is 6.92 Å². The van der Waals surface area contributed by atoms with E-state index in [0.29, 0.717) is 6.92 Å². The molecule has 0 saturated carbocycles. The summed E-state index contributed by atoms with van der Waals surface area (Å²) in [6.45, 7) is 2.42. The van der Waals surface area contributed by atoms with Crippen molar-refractivity contribution in [2.75, 3.05) is 6.61 Å². The molecule has 1 rings (SSSR count). The number of esters is 1. The van der Waals surface area contributed by atoms with Crippen molar-refractivity contribution in [3.05, 3.63) is 17.5 Å². The number of H-pyrrole nitrogens is 1. The Bertz CT molecular complexity index is 330. The molecule has 0 saturated heterocycles. The minimum atomic E-state index is -3.13. The fraction of sp³-hybridized carbons (Fsp3) is 0.500. The van der Waals surface area contributed by atoms with Gasteiger partial charge < -0.3 is 4.74 Å². The van der Waals surface area contributed by atoms with Crippen LogP contribution in [0.25, 0.3) is 0 Å². The van der Waals surface area contributed by atoms with Gasteiger partial charge in [-0.3, -0.25) is 5.10 Å². The Hall–Kier alpha value is -1.46. The number of nitrogens with one attached hydrogen (secondary N) is 1. The summed E-state index contributed by atoms with van der Waals surface area (Å²) in [6, 6.07) is 0. The second kappa shape index (κ2) is 3.73. The number of rotatable bonds is 3. The molecule has 14 heavy (non-hydrogen) atoms. The van der Waals surface area contributed by atoms with E-state index in [-0.39, 0.29) is 12.2 Å². The van der Waals surface area contributed by atoms with Crippen LogP contribution in [0, 0.1) is 0 Å². The normalized spacial score (nSPS) is 11.4. The van der Waals surface area contributed by atoms with Gasteiger partial charge in [-0.25, -0.2) is 4.79 Å². The molecule has 1 N–H and O–H groups in total. The average Bonchev–Trinajstić information content (AvgIpc) is 2.50. The molecule has 0 aromatic carbocycles. The molecule has 1 aromatic rings. The molecule has 0 aliphatic carbocycles.